The number of rotatable bonds is 7. The predicted octanol–water partition coefficient (Wildman–Crippen LogP) is 4.49. The lowest BCUT2D eigenvalue weighted by atomic mass is 9.90. The fraction of sp³-hybridized carbons (Fsp3) is 0.400. The molecule has 1 aromatic heterocycles. The van der Waals surface area contributed by atoms with E-state index in [2.05, 4.69) is 44.1 Å². The van der Waals surface area contributed by atoms with E-state index in [9.17, 15) is 4.79 Å². The molecule has 1 unspecified atom stereocenters. The van der Waals surface area contributed by atoms with Gasteiger partial charge in [0.05, 0.1) is 7.11 Å². The van der Waals surface area contributed by atoms with E-state index in [0.717, 1.165) is 41.7 Å². The molecule has 158 valence electrons. The number of aryl methyl sites for hydroxylation is 3. The van der Waals surface area contributed by atoms with Gasteiger partial charge < -0.3 is 20.4 Å². The molecule has 0 saturated heterocycles. The van der Waals surface area contributed by atoms with E-state index in [-0.39, 0.29) is 11.4 Å². The Bertz CT molecular complexity index is 1100. The molecule has 2 heterocycles. The fourth-order valence-electron chi connectivity index (χ4n) is 4.26. The van der Waals surface area contributed by atoms with Crippen molar-refractivity contribution in [3.8, 4) is 5.75 Å². The van der Waals surface area contributed by atoms with Crippen molar-refractivity contribution in [3.05, 3.63) is 64.3 Å². The van der Waals surface area contributed by atoms with Crippen molar-refractivity contribution < 1.29 is 9.53 Å². The summed E-state index contributed by atoms with van der Waals surface area (Å²) >= 11 is 0. The van der Waals surface area contributed by atoms with Crippen LogP contribution in [0.1, 0.15) is 52.4 Å². The van der Waals surface area contributed by atoms with Crippen molar-refractivity contribution >= 4 is 16.8 Å². The summed E-state index contributed by atoms with van der Waals surface area (Å²) in [5.74, 6) is 0.990. The molecule has 0 bridgehead atoms. The van der Waals surface area contributed by atoms with E-state index in [4.69, 9.17) is 10.5 Å². The maximum absolute atomic E-state index is 12.8. The van der Waals surface area contributed by atoms with E-state index in [1.807, 2.05) is 23.1 Å². The van der Waals surface area contributed by atoms with Crippen LogP contribution in [0.5, 0.6) is 5.75 Å². The van der Waals surface area contributed by atoms with E-state index in [0.29, 0.717) is 13.1 Å². The Balaban J connectivity index is 1.38. The first-order chi connectivity index (χ1) is 14.3. The molecular formula is C25H31N3O2. The number of ether oxygens (including phenoxy) is 1. The lowest BCUT2D eigenvalue weighted by molar-refractivity contribution is 0.0766. The van der Waals surface area contributed by atoms with Gasteiger partial charge in [-0.25, -0.2) is 0 Å². The van der Waals surface area contributed by atoms with Gasteiger partial charge in [-0.15, -0.1) is 0 Å². The monoisotopic (exact) mass is 405 g/mol. The highest BCUT2D eigenvalue weighted by Crippen LogP contribution is 2.29. The highest BCUT2D eigenvalue weighted by Gasteiger charge is 2.29. The van der Waals surface area contributed by atoms with Gasteiger partial charge in [-0.1, -0.05) is 6.07 Å². The lowest BCUT2D eigenvalue weighted by Gasteiger charge is -2.27. The molecule has 5 heteroatoms. The molecular weight excluding hydrogens is 374 g/mol. The number of nitrogens with one attached hydrogen (secondary N) is 1. The van der Waals surface area contributed by atoms with Crippen molar-refractivity contribution in [3.63, 3.8) is 0 Å². The maximum atomic E-state index is 12.8. The van der Waals surface area contributed by atoms with Gasteiger partial charge in [0.25, 0.3) is 5.91 Å². The Labute approximate surface area is 178 Å². The van der Waals surface area contributed by atoms with Crippen molar-refractivity contribution in [2.75, 3.05) is 13.7 Å². The van der Waals surface area contributed by atoms with Crippen LogP contribution >= 0.6 is 0 Å². The fourth-order valence-corrected chi connectivity index (χ4v) is 4.26. The largest absolute Gasteiger partial charge is 0.497 e. The molecule has 0 saturated carbocycles. The first-order valence-corrected chi connectivity index (χ1v) is 10.6. The summed E-state index contributed by atoms with van der Waals surface area (Å²) in [6.07, 6.45) is 4.57. The van der Waals surface area contributed by atoms with Gasteiger partial charge in [0.1, 0.15) is 5.75 Å². The summed E-state index contributed by atoms with van der Waals surface area (Å²) in [6.45, 7) is 7.61. The zero-order valence-corrected chi connectivity index (χ0v) is 18.3. The number of aromatic nitrogens is 1. The van der Waals surface area contributed by atoms with Crippen LogP contribution in [0.4, 0.5) is 0 Å². The van der Waals surface area contributed by atoms with E-state index >= 15 is 0 Å². The number of carbonyl (C=O) groups excluding carboxylic acids is 1. The molecule has 1 atom stereocenters. The van der Waals surface area contributed by atoms with Gasteiger partial charge in [0.2, 0.25) is 0 Å². The number of benzene rings is 2. The molecule has 1 amide bonds. The number of hydrogen-bond donors (Lipinski definition) is 2. The minimum atomic E-state index is -0.344. The number of amides is 1. The number of methoxy groups -OCH3 is 1. The Morgan fingerprint density at radius 1 is 1.17 bits per heavy atom. The number of aromatic amines is 1. The summed E-state index contributed by atoms with van der Waals surface area (Å²) in [5, 5.41) is 1.18. The van der Waals surface area contributed by atoms with Crippen LogP contribution < -0.4 is 10.5 Å². The molecule has 0 radical (unpaired) electrons. The molecule has 0 spiro atoms. The van der Waals surface area contributed by atoms with Crippen LogP contribution in [0, 0.1) is 13.8 Å². The summed E-state index contributed by atoms with van der Waals surface area (Å²) in [7, 11) is 1.69. The third kappa shape index (κ3) is 3.94. The van der Waals surface area contributed by atoms with Crippen molar-refractivity contribution in [1.29, 1.82) is 0 Å². The smallest absolute Gasteiger partial charge is 0.254 e. The highest BCUT2D eigenvalue weighted by molar-refractivity contribution is 5.98. The summed E-state index contributed by atoms with van der Waals surface area (Å²) < 4.78 is 5.36. The van der Waals surface area contributed by atoms with E-state index < -0.39 is 0 Å². The molecule has 0 aliphatic carbocycles. The van der Waals surface area contributed by atoms with Crippen molar-refractivity contribution in [2.45, 2.75) is 52.1 Å². The van der Waals surface area contributed by atoms with E-state index in [1.165, 1.54) is 22.1 Å². The second kappa shape index (κ2) is 7.80. The second-order valence-electron chi connectivity index (χ2n) is 8.95. The minimum absolute atomic E-state index is 0.132. The molecule has 1 aliphatic heterocycles. The molecule has 4 rings (SSSR count). The first-order valence-electron chi connectivity index (χ1n) is 10.6. The normalized spacial score (nSPS) is 15.5. The van der Waals surface area contributed by atoms with Gasteiger partial charge in [0, 0.05) is 41.3 Å². The second-order valence-corrected chi connectivity index (χ2v) is 8.95. The van der Waals surface area contributed by atoms with E-state index in [1.54, 1.807) is 7.11 Å². The number of nitrogens with zero attached hydrogens (tertiary/aromatic N) is 1. The maximum Gasteiger partial charge on any atom is 0.254 e. The standard InChI is InChI=1S/C25H31N3O2/c1-16-11-19-15-28(24(29)22(19)12-17(16)2)10-9-25(3,26)8-7-18-14-27-23-6-5-20(30-4)13-21(18)23/h5-6,11-14,27H,7-10,15,26H2,1-4H3. The molecule has 3 N–H and O–H groups in total. The average Bonchev–Trinajstić information content (AvgIpc) is 3.26. The number of nitrogens with two attached hydrogens (primary N) is 1. The third-order valence-electron chi connectivity index (χ3n) is 6.49. The zero-order chi connectivity index (χ0) is 21.5. The number of fused-ring (bicyclic) bond motifs is 2. The summed E-state index contributed by atoms with van der Waals surface area (Å²) in [4.78, 5) is 18.1. The number of H-pyrrole nitrogens is 1. The molecule has 2 aromatic carbocycles. The minimum Gasteiger partial charge on any atom is -0.497 e. The van der Waals surface area contributed by atoms with Gasteiger partial charge in [-0.3, -0.25) is 4.79 Å². The average molecular weight is 406 g/mol. The Morgan fingerprint density at radius 3 is 2.70 bits per heavy atom. The van der Waals surface area contributed by atoms with Crippen LogP contribution in [0.3, 0.4) is 0 Å². The quantitative estimate of drug-likeness (QED) is 0.608. The predicted molar refractivity (Wildman–Crippen MR) is 121 cm³/mol. The highest BCUT2D eigenvalue weighted by atomic mass is 16.5. The Kier molecular flexibility index (Phi) is 5.33. The summed E-state index contributed by atoms with van der Waals surface area (Å²) in [6, 6.07) is 10.2. The van der Waals surface area contributed by atoms with Crippen LogP contribution in [-0.2, 0) is 13.0 Å². The molecule has 0 fully saturated rings. The van der Waals surface area contributed by atoms with Crippen LogP contribution in [0.2, 0.25) is 0 Å². The SMILES string of the molecule is COc1ccc2[nH]cc(CCC(C)(N)CCN3Cc4cc(C)c(C)cc4C3=O)c2c1. The third-order valence-corrected chi connectivity index (χ3v) is 6.49. The first kappa shape index (κ1) is 20.5. The van der Waals surface area contributed by atoms with Crippen LogP contribution in [-0.4, -0.2) is 35.0 Å². The van der Waals surface area contributed by atoms with Crippen molar-refractivity contribution in [1.82, 2.24) is 9.88 Å². The molecule has 1 aliphatic rings. The molecule has 3 aromatic rings. The number of hydrogen-bond acceptors (Lipinski definition) is 3. The number of carbonyl (C=O) groups is 1. The van der Waals surface area contributed by atoms with Gasteiger partial charge in [0.15, 0.2) is 0 Å². The zero-order valence-electron chi connectivity index (χ0n) is 18.3. The summed E-state index contributed by atoms with van der Waals surface area (Å²) in [5.41, 5.74) is 13.0. The Hall–Kier alpha value is -2.79. The van der Waals surface area contributed by atoms with Gasteiger partial charge in [-0.2, -0.15) is 0 Å². The molecule has 30 heavy (non-hydrogen) atoms. The van der Waals surface area contributed by atoms with Crippen LogP contribution in [0.25, 0.3) is 10.9 Å². The lowest BCUT2D eigenvalue weighted by Crippen LogP contribution is -2.40. The Morgan fingerprint density at radius 2 is 1.93 bits per heavy atom. The van der Waals surface area contributed by atoms with Crippen LogP contribution in [0.15, 0.2) is 36.5 Å². The molecule has 5 nitrogen and oxygen atoms in total. The van der Waals surface area contributed by atoms with Gasteiger partial charge in [-0.05, 0) is 86.6 Å². The van der Waals surface area contributed by atoms with Crippen molar-refractivity contribution in [2.24, 2.45) is 5.73 Å². The van der Waals surface area contributed by atoms with Gasteiger partial charge >= 0.3 is 0 Å². The topological polar surface area (TPSA) is 71.3 Å².